The maximum absolute atomic E-state index is 11.9. The number of methoxy groups -OCH3 is 1. The Morgan fingerprint density at radius 2 is 1.89 bits per heavy atom. The molecule has 0 radical (unpaired) electrons. The second-order valence-corrected chi connectivity index (χ2v) is 5.61. The quantitative estimate of drug-likeness (QED) is 0.431. The van der Waals surface area contributed by atoms with Crippen molar-refractivity contribution in [2.45, 2.75) is 51.8 Å². The van der Waals surface area contributed by atoms with Crippen LogP contribution in [0.25, 0.3) is 0 Å². The molecule has 0 aromatic rings. The molecule has 1 fully saturated rings. The number of nitrogens with zero attached hydrogens (tertiary/aromatic N) is 1. The molecule has 1 aliphatic heterocycles. The summed E-state index contributed by atoms with van der Waals surface area (Å²) >= 11 is 0. The van der Waals surface area contributed by atoms with Crippen molar-refractivity contribution in [3.05, 3.63) is 12.2 Å². The molecule has 0 saturated carbocycles. The van der Waals surface area contributed by atoms with Crippen molar-refractivity contribution in [3.63, 3.8) is 0 Å². The number of hydrogen-bond donors (Lipinski definition) is 0. The first kappa shape index (κ1) is 14.5. The Labute approximate surface area is 108 Å². The van der Waals surface area contributed by atoms with Crippen LogP contribution in [0.15, 0.2) is 12.2 Å². The second-order valence-electron chi connectivity index (χ2n) is 5.61. The Balaban J connectivity index is 2.69. The van der Waals surface area contributed by atoms with Gasteiger partial charge in [0.15, 0.2) is 0 Å². The first-order valence-corrected chi connectivity index (χ1v) is 5.91. The summed E-state index contributed by atoms with van der Waals surface area (Å²) in [5.41, 5.74) is -0.997. The number of carbonyl (C=O) groups is 2. The van der Waals surface area contributed by atoms with E-state index in [0.717, 1.165) is 0 Å². The van der Waals surface area contributed by atoms with Crippen molar-refractivity contribution in [2.24, 2.45) is 0 Å². The number of carbonyl (C=O) groups excluding carboxylic acids is 2. The molecule has 1 heterocycles. The molecule has 0 aromatic heterocycles. The highest BCUT2D eigenvalue weighted by Gasteiger charge is 2.58. The van der Waals surface area contributed by atoms with Gasteiger partial charge in [-0.25, -0.2) is 9.59 Å². The van der Waals surface area contributed by atoms with Gasteiger partial charge in [-0.3, -0.25) is 4.90 Å². The van der Waals surface area contributed by atoms with Gasteiger partial charge in [0.05, 0.1) is 18.7 Å². The molecule has 5 nitrogen and oxygen atoms in total. The Kier molecular flexibility index (Phi) is 3.74. The zero-order valence-electron chi connectivity index (χ0n) is 11.8. The van der Waals surface area contributed by atoms with Gasteiger partial charge in [0, 0.05) is 6.08 Å². The normalized spacial score (nSPS) is 27.2. The first-order valence-electron chi connectivity index (χ1n) is 5.91. The lowest BCUT2D eigenvalue weighted by Crippen LogP contribution is -2.29. The smallest absolute Gasteiger partial charge is 0.411 e. The Morgan fingerprint density at radius 3 is 2.33 bits per heavy atom. The molecule has 0 aliphatic carbocycles. The summed E-state index contributed by atoms with van der Waals surface area (Å²) in [6, 6.07) is 0.00764. The van der Waals surface area contributed by atoms with Crippen LogP contribution in [-0.4, -0.2) is 41.3 Å². The number of amides is 1. The van der Waals surface area contributed by atoms with E-state index in [1.807, 2.05) is 34.6 Å². The van der Waals surface area contributed by atoms with Crippen molar-refractivity contribution in [1.82, 2.24) is 4.90 Å². The molecule has 1 aliphatic rings. The van der Waals surface area contributed by atoms with Crippen molar-refractivity contribution < 1.29 is 19.1 Å². The Bertz CT molecular complexity index is 383. The third-order valence-electron chi connectivity index (χ3n) is 3.03. The van der Waals surface area contributed by atoms with Gasteiger partial charge in [-0.05, 0) is 40.7 Å². The predicted molar refractivity (Wildman–Crippen MR) is 67.1 cm³/mol. The molecule has 1 amide bonds. The van der Waals surface area contributed by atoms with Crippen molar-refractivity contribution in [3.8, 4) is 0 Å². The fraction of sp³-hybridized carbons (Fsp3) is 0.692. The van der Waals surface area contributed by atoms with E-state index in [-0.39, 0.29) is 12.1 Å². The average molecular weight is 255 g/mol. The number of hydrogen-bond acceptors (Lipinski definition) is 4. The average Bonchev–Trinajstić information content (AvgIpc) is 2.76. The summed E-state index contributed by atoms with van der Waals surface area (Å²) in [5, 5.41) is 0. The summed E-state index contributed by atoms with van der Waals surface area (Å²) in [6.07, 6.45) is 2.64. The van der Waals surface area contributed by atoms with Gasteiger partial charge in [0.1, 0.15) is 5.60 Å². The van der Waals surface area contributed by atoms with E-state index < -0.39 is 17.1 Å². The maximum Gasteiger partial charge on any atom is 0.411 e. The van der Waals surface area contributed by atoms with Crippen LogP contribution in [0.1, 0.15) is 34.6 Å². The first-order chi connectivity index (χ1) is 8.12. The van der Waals surface area contributed by atoms with E-state index in [1.165, 1.54) is 13.2 Å². The van der Waals surface area contributed by atoms with E-state index in [2.05, 4.69) is 4.74 Å². The second kappa shape index (κ2) is 4.63. The van der Waals surface area contributed by atoms with E-state index in [9.17, 15) is 9.59 Å². The highest BCUT2D eigenvalue weighted by molar-refractivity contribution is 5.83. The maximum atomic E-state index is 11.9. The summed E-state index contributed by atoms with van der Waals surface area (Å²) in [7, 11) is 1.32. The van der Waals surface area contributed by atoms with Gasteiger partial charge in [0.2, 0.25) is 0 Å². The number of esters is 1. The molecule has 1 rings (SSSR count). The van der Waals surface area contributed by atoms with Crippen LogP contribution < -0.4 is 0 Å². The summed E-state index contributed by atoms with van der Waals surface area (Å²) in [5.74, 6) is -0.431. The van der Waals surface area contributed by atoms with Gasteiger partial charge in [-0.1, -0.05) is 0 Å². The topological polar surface area (TPSA) is 55.6 Å². The van der Waals surface area contributed by atoms with Gasteiger partial charge in [-0.15, -0.1) is 0 Å². The van der Waals surface area contributed by atoms with E-state index >= 15 is 0 Å². The van der Waals surface area contributed by atoms with Gasteiger partial charge in [-0.2, -0.15) is 0 Å². The molecular weight excluding hydrogens is 234 g/mol. The number of ether oxygens (including phenoxy) is 2. The zero-order chi connectivity index (χ0) is 14.1. The molecule has 18 heavy (non-hydrogen) atoms. The lowest BCUT2D eigenvalue weighted by atomic mass is 10.1. The van der Waals surface area contributed by atoms with Gasteiger partial charge in [0.25, 0.3) is 0 Å². The molecule has 0 N–H and O–H groups in total. The zero-order valence-corrected chi connectivity index (χ0v) is 11.8. The summed E-state index contributed by atoms with van der Waals surface area (Å²) in [6.45, 7) is 9.24. The molecule has 5 heteroatoms. The molecule has 0 aromatic carbocycles. The van der Waals surface area contributed by atoms with Crippen LogP contribution in [0.2, 0.25) is 0 Å². The highest BCUT2D eigenvalue weighted by atomic mass is 16.6. The minimum Gasteiger partial charge on any atom is -0.466 e. The van der Waals surface area contributed by atoms with E-state index in [1.54, 1.807) is 11.0 Å². The predicted octanol–water partition coefficient (Wildman–Crippen LogP) is 2.11. The van der Waals surface area contributed by atoms with Crippen molar-refractivity contribution >= 4 is 12.1 Å². The highest BCUT2D eigenvalue weighted by Crippen LogP contribution is 2.42. The Morgan fingerprint density at radius 1 is 1.33 bits per heavy atom. The van der Waals surface area contributed by atoms with Crippen LogP contribution in [0, 0.1) is 0 Å². The SMILES string of the molecule is COC(=O)/C=C/[C@]1(C)[C@H](C)N1C(=O)OC(C)(C)C. The molecule has 0 spiro atoms. The minimum atomic E-state index is -0.521. The van der Waals surface area contributed by atoms with Crippen LogP contribution in [0.4, 0.5) is 4.79 Å². The number of rotatable bonds is 2. The third kappa shape index (κ3) is 3.03. The van der Waals surface area contributed by atoms with Crippen LogP contribution in [0.5, 0.6) is 0 Å². The van der Waals surface area contributed by atoms with Crippen molar-refractivity contribution in [2.75, 3.05) is 7.11 Å². The summed E-state index contributed by atoms with van der Waals surface area (Å²) < 4.78 is 9.82. The lowest BCUT2D eigenvalue weighted by Gasteiger charge is -2.20. The van der Waals surface area contributed by atoms with E-state index in [4.69, 9.17) is 4.74 Å². The minimum absolute atomic E-state index is 0.00764. The molecule has 1 saturated heterocycles. The lowest BCUT2D eigenvalue weighted by molar-refractivity contribution is -0.134. The molecular formula is C13H21NO4. The standard InChI is InChI=1S/C13H21NO4/c1-9-13(5,8-7-10(15)17-6)14(9)11(16)18-12(2,3)4/h7-9H,1-6H3/b8-7+/t9-,13+,14?/m0/s1. The van der Waals surface area contributed by atoms with Gasteiger partial charge < -0.3 is 9.47 Å². The Hall–Kier alpha value is -1.52. The molecule has 102 valence electrons. The monoisotopic (exact) mass is 255 g/mol. The largest absolute Gasteiger partial charge is 0.466 e. The van der Waals surface area contributed by atoms with Crippen LogP contribution in [0.3, 0.4) is 0 Å². The van der Waals surface area contributed by atoms with Crippen molar-refractivity contribution in [1.29, 1.82) is 0 Å². The molecule has 0 unspecified atom stereocenters. The molecule has 0 bridgehead atoms. The molecule has 2 atom stereocenters. The fourth-order valence-electron chi connectivity index (χ4n) is 1.77. The third-order valence-corrected chi connectivity index (χ3v) is 3.03. The van der Waals surface area contributed by atoms with Crippen LogP contribution in [-0.2, 0) is 14.3 Å². The summed E-state index contributed by atoms with van der Waals surface area (Å²) in [4.78, 5) is 24.6. The van der Waals surface area contributed by atoms with E-state index in [0.29, 0.717) is 0 Å². The van der Waals surface area contributed by atoms with Gasteiger partial charge >= 0.3 is 12.1 Å². The van der Waals surface area contributed by atoms with Crippen LogP contribution >= 0.6 is 0 Å². The fourth-order valence-corrected chi connectivity index (χ4v) is 1.77.